The molecule has 6 heteroatoms. The van der Waals surface area contributed by atoms with Gasteiger partial charge in [0.15, 0.2) is 0 Å². The molecule has 0 spiro atoms. The number of anilines is 1. The van der Waals surface area contributed by atoms with Crippen LogP contribution in [0.15, 0.2) is 54.7 Å². The van der Waals surface area contributed by atoms with Gasteiger partial charge in [-0.05, 0) is 52.8 Å². The summed E-state index contributed by atoms with van der Waals surface area (Å²) >= 11 is 3.93. The van der Waals surface area contributed by atoms with Gasteiger partial charge in [0.1, 0.15) is 0 Å². The van der Waals surface area contributed by atoms with Crippen molar-refractivity contribution in [2.45, 2.75) is 30.4 Å². The average Bonchev–Trinajstić information content (AvgIpc) is 2.74. The van der Waals surface area contributed by atoms with Crippen LogP contribution in [0.25, 0.3) is 6.08 Å². The zero-order valence-corrected chi connectivity index (χ0v) is 18.0. The first-order valence-corrected chi connectivity index (χ1v) is 11.9. The Bertz CT molecular complexity index is 938. The molecule has 29 heavy (non-hydrogen) atoms. The standard InChI is InChI=1S/C23H24N2O2S2/c1-16(26)25-11-10-17-6-2-3-9-20(17)21(25)15-22(27)24-19-8-4-7-18(14-19)23-28-12-5-13-29-23/h2-4,6-11,14,21,23H,5,12-13,15H2,1H3,(H,24,27). The quantitative estimate of drug-likeness (QED) is 0.708. The van der Waals surface area contributed by atoms with E-state index >= 15 is 0 Å². The van der Waals surface area contributed by atoms with Gasteiger partial charge in [-0.3, -0.25) is 9.59 Å². The van der Waals surface area contributed by atoms with E-state index in [9.17, 15) is 9.59 Å². The molecule has 4 rings (SSSR count). The maximum absolute atomic E-state index is 12.9. The number of carbonyl (C=O) groups is 2. The van der Waals surface area contributed by atoms with Crippen LogP contribution < -0.4 is 5.32 Å². The number of carbonyl (C=O) groups excluding carboxylic acids is 2. The normalized spacial score (nSPS) is 18.9. The maximum Gasteiger partial charge on any atom is 0.226 e. The summed E-state index contributed by atoms with van der Waals surface area (Å²) in [5.41, 5.74) is 4.11. The predicted molar refractivity (Wildman–Crippen MR) is 123 cm³/mol. The van der Waals surface area contributed by atoms with E-state index in [2.05, 4.69) is 17.4 Å². The van der Waals surface area contributed by atoms with Crippen LogP contribution in [0.1, 0.15) is 47.1 Å². The number of fused-ring (bicyclic) bond motifs is 1. The molecule has 2 aromatic rings. The molecule has 4 nitrogen and oxygen atoms in total. The van der Waals surface area contributed by atoms with Crippen molar-refractivity contribution < 1.29 is 9.59 Å². The molecule has 2 aliphatic heterocycles. The van der Waals surface area contributed by atoms with Gasteiger partial charge in [-0.15, -0.1) is 23.5 Å². The third kappa shape index (κ3) is 4.70. The van der Waals surface area contributed by atoms with Crippen molar-refractivity contribution in [3.05, 3.63) is 71.4 Å². The Morgan fingerprint density at radius 1 is 1.10 bits per heavy atom. The van der Waals surface area contributed by atoms with Crippen LogP contribution in [0.2, 0.25) is 0 Å². The summed E-state index contributed by atoms with van der Waals surface area (Å²) in [6.07, 6.45) is 5.18. The van der Waals surface area contributed by atoms with Crippen molar-refractivity contribution >= 4 is 47.1 Å². The second-order valence-electron chi connectivity index (χ2n) is 7.19. The zero-order chi connectivity index (χ0) is 20.2. The number of hydrogen-bond donors (Lipinski definition) is 1. The minimum Gasteiger partial charge on any atom is -0.326 e. The molecule has 0 saturated carbocycles. The van der Waals surface area contributed by atoms with E-state index < -0.39 is 0 Å². The van der Waals surface area contributed by atoms with Crippen molar-refractivity contribution in [1.29, 1.82) is 0 Å². The lowest BCUT2D eigenvalue weighted by molar-refractivity contribution is -0.129. The Hall–Kier alpha value is -2.18. The number of benzene rings is 2. The molecule has 2 heterocycles. The monoisotopic (exact) mass is 424 g/mol. The van der Waals surface area contributed by atoms with Crippen molar-refractivity contribution in [3.63, 3.8) is 0 Å². The summed E-state index contributed by atoms with van der Waals surface area (Å²) in [4.78, 5) is 26.6. The molecule has 0 aromatic heterocycles. The highest BCUT2D eigenvalue weighted by molar-refractivity contribution is 8.16. The van der Waals surface area contributed by atoms with Crippen LogP contribution in [0, 0.1) is 0 Å². The Morgan fingerprint density at radius 2 is 1.90 bits per heavy atom. The van der Waals surface area contributed by atoms with Crippen molar-refractivity contribution in [3.8, 4) is 0 Å². The first-order chi connectivity index (χ1) is 14.1. The molecular weight excluding hydrogens is 400 g/mol. The van der Waals surface area contributed by atoms with Gasteiger partial charge in [-0.2, -0.15) is 0 Å². The van der Waals surface area contributed by atoms with Gasteiger partial charge in [0.05, 0.1) is 17.0 Å². The summed E-state index contributed by atoms with van der Waals surface area (Å²) in [6, 6.07) is 15.8. The maximum atomic E-state index is 12.9. The SMILES string of the molecule is CC(=O)N1C=Cc2ccccc2C1CC(=O)Nc1cccc(C2SCCCS2)c1. The number of hydrogen-bond acceptors (Lipinski definition) is 4. The van der Waals surface area contributed by atoms with Crippen LogP contribution in [0.5, 0.6) is 0 Å². The zero-order valence-electron chi connectivity index (χ0n) is 16.3. The highest BCUT2D eigenvalue weighted by Crippen LogP contribution is 2.44. The molecule has 2 aliphatic rings. The van der Waals surface area contributed by atoms with Gasteiger partial charge in [-0.1, -0.05) is 36.4 Å². The molecular formula is C23H24N2O2S2. The fraction of sp³-hybridized carbons (Fsp3) is 0.304. The lowest BCUT2D eigenvalue weighted by Crippen LogP contribution is -2.33. The molecule has 150 valence electrons. The van der Waals surface area contributed by atoms with Crippen LogP contribution in [-0.4, -0.2) is 28.2 Å². The second-order valence-corrected chi connectivity index (χ2v) is 9.92. The molecule has 0 aliphatic carbocycles. The predicted octanol–water partition coefficient (Wildman–Crippen LogP) is 5.46. The molecule has 2 aromatic carbocycles. The van der Waals surface area contributed by atoms with Crippen LogP contribution in [0.3, 0.4) is 0 Å². The summed E-state index contributed by atoms with van der Waals surface area (Å²) < 4.78 is 0.434. The molecule has 1 fully saturated rings. The lowest BCUT2D eigenvalue weighted by Gasteiger charge is -2.32. The fourth-order valence-electron chi connectivity index (χ4n) is 3.74. The number of amides is 2. The van der Waals surface area contributed by atoms with Gasteiger partial charge in [0.2, 0.25) is 11.8 Å². The number of thioether (sulfide) groups is 2. The third-order valence-corrected chi connectivity index (χ3v) is 8.13. The van der Waals surface area contributed by atoms with Gasteiger partial charge in [-0.25, -0.2) is 0 Å². The fourth-order valence-corrected chi connectivity index (χ4v) is 6.62. The summed E-state index contributed by atoms with van der Waals surface area (Å²) in [5, 5.41) is 3.04. The van der Waals surface area contributed by atoms with E-state index in [-0.39, 0.29) is 24.3 Å². The van der Waals surface area contributed by atoms with Crippen LogP contribution >= 0.6 is 23.5 Å². The Balaban J connectivity index is 1.49. The number of nitrogens with one attached hydrogen (secondary N) is 1. The Labute approximate surface area is 180 Å². The first-order valence-electron chi connectivity index (χ1n) is 9.81. The second kappa shape index (κ2) is 9.09. The number of nitrogens with zero attached hydrogens (tertiary/aromatic N) is 1. The Morgan fingerprint density at radius 3 is 2.69 bits per heavy atom. The third-order valence-electron chi connectivity index (χ3n) is 5.12. The van der Waals surface area contributed by atoms with E-state index in [0.29, 0.717) is 4.58 Å². The minimum absolute atomic E-state index is 0.0677. The van der Waals surface area contributed by atoms with E-state index in [0.717, 1.165) is 16.8 Å². The minimum atomic E-state index is -0.290. The number of rotatable bonds is 4. The smallest absolute Gasteiger partial charge is 0.226 e. The van der Waals surface area contributed by atoms with Crippen molar-refractivity contribution in [1.82, 2.24) is 4.90 Å². The van der Waals surface area contributed by atoms with Crippen molar-refractivity contribution in [2.75, 3.05) is 16.8 Å². The Kier molecular flexibility index (Phi) is 6.31. The van der Waals surface area contributed by atoms with Crippen molar-refractivity contribution in [2.24, 2.45) is 0 Å². The van der Waals surface area contributed by atoms with E-state index in [1.807, 2.05) is 66.0 Å². The van der Waals surface area contributed by atoms with Gasteiger partial charge in [0.25, 0.3) is 0 Å². The molecule has 2 amide bonds. The van der Waals surface area contributed by atoms with E-state index in [1.54, 1.807) is 11.1 Å². The average molecular weight is 425 g/mol. The van der Waals surface area contributed by atoms with E-state index in [1.165, 1.54) is 30.4 Å². The molecule has 1 unspecified atom stereocenters. The molecule has 0 radical (unpaired) electrons. The van der Waals surface area contributed by atoms with Gasteiger partial charge >= 0.3 is 0 Å². The highest BCUT2D eigenvalue weighted by atomic mass is 32.2. The summed E-state index contributed by atoms with van der Waals surface area (Å²) in [6.45, 7) is 1.53. The van der Waals surface area contributed by atoms with Crippen LogP contribution in [-0.2, 0) is 9.59 Å². The van der Waals surface area contributed by atoms with Gasteiger partial charge in [0, 0.05) is 18.8 Å². The highest BCUT2D eigenvalue weighted by Gasteiger charge is 2.28. The van der Waals surface area contributed by atoms with Gasteiger partial charge < -0.3 is 10.2 Å². The molecule has 1 atom stereocenters. The molecule has 1 N–H and O–H groups in total. The molecule has 1 saturated heterocycles. The summed E-state index contributed by atoms with van der Waals surface area (Å²) in [5.74, 6) is 2.21. The topological polar surface area (TPSA) is 49.4 Å². The lowest BCUT2D eigenvalue weighted by atomic mass is 9.93. The molecule has 0 bridgehead atoms. The van der Waals surface area contributed by atoms with E-state index in [4.69, 9.17) is 0 Å². The first kappa shape index (κ1) is 20.1. The van der Waals surface area contributed by atoms with Crippen LogP contribution in [0.4, 0.5) is 5.69 Å². The largest absolute Gasteiger partial charge is 0.326 e. The summed E-state index contributed by atoms with van der Waals surface area (Å²) in [7, 11) is 0.